The number of aromatic hydroxyl groups is 1. The van der Waals surface area contributed by atoms with E-state index in [1.807, 2.05) is 0 Å². The molecule has 6 rings (SSSR count). The molecule has 9 heteroatoms. The van der Waals surface area contributed by atoms with E-state index in [4.69, 9.17) is 0 Å². The highest BCUT2D eigenvalue weighted by Crippen LogP contribution is 2.75. The van der Waals surface area contributed by atoms with Crippen LogP contribution < -0.4 is 0 Å². The van der Waals surface area contributed by atoms with Gasteiger partial charge in [0.1, 0.15) is 5.75 Å². The van der Waals surface area contributed by atoms with Crippen LogP contribution in [0.2, 0.25) is 0 Å². The summed E-state index contributed by atoms with van der Waals surface area (Å²) in [5, 5.41) is 9.65. The first-order valence-corrected chi connectivity index (χ1v) is 12.7. The second-order valence-electron chi connectivity index (χ2n) is 9.50. The molecule has 1 fully saturated rings. The lowest BCUT2D eigenvalue weighted by molar-refractivity contribution is -0.258. The van der Waals surface area contributed by atoms with E-state index in [1.165, 1.54) is 47.8 Å². The Morgan fingerprint density at radius 1 is 0.611 bits per heavy atom. The number of alkyl halides is 6. The van der Waals surface area contributed by atoms with Gasteiger partial charge in [-0.25, -0.2) is 0 Å². The molecule has 0 amide bonds. The average molecular weight is 537 g/mol. The number of hydrogen-bond acceptors (Lipinski definition) is 3. The normalized spacial score (nSPS) is 31.1. The molecule has 2 heterocycles. The lowest BCUT2D eigenvalue weighted by Gasteiger charge is -2.47. The highest BCUT2D eigenvalue weighted by molar-refractivity contribution is 8.14. The Hall–Kier alpha value is -2.52. The van der Waals surface area contributed by atoms with Crippen LogP contribution in [0.25, 0.3) is 9.81 Å². The van der Waals surface area contributed by atoms with Crippen LogP contribution in [-0.2, 0) is 0 Å². The molecular formula is C27H18F6OS2. The zero-order valence-electron chi connectivity index (χ0n) is 18.9. The first-order chi connectivity index (χ1) is 16.8. The molecule has 4 aliphatic rings. The molecule has 1 saturated carbocycles. The second kappa shape index (κ2) is 7.07. The van der Waals surface area contributed by atoms with Crippen molar-refractivity contribution in [1.82, 2.24) is 0 Å². The monoisotopic (exact) mass is 536 g/mol. The number of allylic oxidation sites excluding steroid dienone is 4. The zero-order valence-corrected chi connectivity index (χ0v) is 20.5. The summed E-state index contributed by atoms with van der Waals surface area (Å²) in [5.74, 6) is -15.7. The lowest BCUT2D eigenvalue weighted by Crippen LogP contribution is -2.48. The maximum Gasteiger partial charge on any atom is 0.380 e. The standard InChI is InChI=1S/C27H18F6OS2/c1-23-17(12-19(35-23)14-6-4-3-5-7-14)21-22(26(30,31)27(32,33)25(21,28)29)18-13-20(36-24(18,23)2)15-8-10-16(34)11-9-15/h3-13,34H,1-2H3. The number of hydrogen-bond donors (Lipinski definition) is 1. The summed E-state index contributed by atoms with van der Waals surface area (Å²) in [5.41, 5.74) is -1.70. The molecule has 36 heavy (non-hydrogen) atoms. The van der Waals surface area contributed by atoms with E-state index in [1.54, 1.807) is 56.3 Å². The first kappa shape index (κ1) is 23.9. The van der Waals surface area contributed by atoms with Crippen LogP contribution in [0.1, 0.15) is 25.0 Å². The molecule has 2 aromatic carbocycles. The Labute approximate surface area is 211 Å². The fourth-order valence-electron chi connectivity index (χ4n) is 5.42. The van der Waals surface area contributed by atoms with Gasteiger partial charge in [-0.2, -0.15) is 26.3 Å². The number of thioether (sulfide) groups is 2. The number of benzene rings is 2. The molecule has 0 radical (unpaired) electrons. The van der Waals surface area contributed by atoms with E-state index in [-0.39, 0.29) is 16.9 Å². The predicted molar refractivity (Wildman–Crippen MR) is 131 cm³/mol. The van der Waals surface area contributed by atoms with Crippen molar-refractivity contribution in [2.75, 3.05) is 0 Å². The van der Waals surface area contributed by atoms with Gasteiger partial charge >= 0.3 is 17.8 Å². The summed E-state index contributed by atoms with van der Waals surface area (Å²) in [6.07, 6.45) is 2.71. The molecule has 186 valence electrons. The highest BCUT2D eigenvalue weighted by Gasteiger charge is 2.84. The minimum absolute atomic E-state index is 0.00383. The maximum absolute atomic E-state index is 15.3. The van der Waals surface area contributed by atoms with Gasteiger partial charge in [-0.3, -0.25) is 0 Å². The third-order valence-corrected chi connectivity index (χ3v) is 10.9. The minimum Gasteiger partial charge on any atom is -0.508 e. The molecule has 1 nitrogen and oxygen atoms in total. The Bertz CT molecular complexity index is 1440. The molecule has 2 atom stereocenters. The molecule has 1 N–H and O–H groups in total. The Balaban J connectivity index is 1.66. The molecular weight excluding hydrogens is 518 g/mol. The summed E-state index contributed by atoms with van der Waals surface area (Å²) in [6.45, 7) is 3.31. The smallest absolute Gasteiger partial charge is 0.380 e. The van der Waals surface area contributed by atoms with E-state index in [2.05, 4.69) is 0 Å². The van der Waals surface area contributed by atoms with Crippen molar-refractivity contribution >= 4 is 33.3 Å². The SMILES string of the molecule is CC12SC(c3ccccc3)=CC1=C1C(=C3C=C(c4ccc(O)cc4)SC32C)C(F)(F)C(F)(F)C1(F)F. The van der Waals surface area contributed by atoms with Gasteiger partial charge in [0, 0.05) is 21.0 Å². The molecule has 0 saturated heterocycles. The number of phenolic OH excluding ortho intramolecular Hbond substituents is 1. The van der Waals surface area contributed by atoms with Crippen molar-refractivity contribution in [2.45, 2.75) is 41.1 Å². The summed E-state index contributed by atoms with van der Waals surface area (Å²) in [7, 11) is 0. The molecule has 0 bridgehead atoms. The predicted octanol–water partition coefficient (Wildman–Crippen LogP) is 8.31. The largest absolute Gasteiger partial charge is 0.508 e. The molecule has 2 aliphatic heterocycles. The van der Waals surface area contributed by atoms with Crippen molar-refractivity contribution in [2.24, 2.45) is 0 Å². The van der Waals surface area contributed by atoms with Crippen molar-refractivity contribution < 1.29 is 31.4 Å². The van der Waals surface area contributed by atoms with Gasteiger partial charge in [-0.15, -0.1) is 23.5 Å². The Kier molecular flexibility index (Phi) is 4.68. The van der Waals surface area contributed by atoms with Gasteiger partial charge in [0.25, 0.3) is 0 Å². The molecule has 2 unspecified atom stereocenters. The van der Waals surface area contributed by atoms with Gasteiger partial charge in [0.15, 0.2) is 0 Å². The molecule has 2 aromatic rings. The third kappa shape index (κ3) is 2.68. The fourth-order valence-corrected chi connectivity index (χ4v) is 8.56. The average Bonchev–Trinajstić information content (AvgIpc) is 3.40. The van der Waals surface area contributed by atoms with Crippen LogP contribution >= 0.6 is 23.5 Å². The van der Waals surface area contributed by atoms with Gasteiger partial charge < -0.3 is 5.11 Å². The molecule has 0 spiro atoms. The van der Waals surface area contributed by atoms with Gasteiger partial charge in [-0.1, -0.05) is 42.5 Å². The summed E-state index contributed by atoms with van der Waals surface area (Å²) in [6, 6.07) is 14.8. The summed E-state index contributed by atoms with van der Waals surface area (Å²) >= 11 is 2.42. The quantitative estimate of drug-likeness (QED) is 0.390. The van der Waals surface area contributed by atoms with E-state index >= 15 is 17.6 Å². The zero-order chi connectivity index (χ0) is 25.9. The van der Waals surface area contributed by atoms with Crippen LogP contribution in [0.4, 0.5) is 26.3 Å². The van der Waals surface area contributed by atoms with E-state index in [9.17, 15) is 13.9 Å². The van der Waals surface area contributed by atoms with E-state index < -0.39 is 38.4 Å². The van der Waals surface area contributed by atoms with Crippen molar-refractivity contribution in [3.05, 3.63) is 100 Å². The van der Waals surface area contributed by atoms with Crippen LogP contribution in [0.3, 0.4) is 0 Å². The molecule has 2 aliphatic carbocycles. The van der Waals surface area contributed by atoms with Gasteiger partial charge in [-0.05, 0) is 60.4 Å². The lowest BCUT2D eigenvalue weighted by atomic mass is 9.71. The van der Waals surface area contributed by atoms with Crippen molar-refractivity contribution in [3.8, 4) is 5.75 Å². The fraction of sp³-hybridized carbons (Fsp3) is 0.259. The first-order valence-electron chi connectivity index (χ1n) is 11.1. The summed E-state index contributed by atoms with van der Waals surface area (Å²) < 4.78 is 88.4. The van der Waals surface area contributed by atoms with Gasteiger partial charge in [0.2, 0.25) is 0 Å². The van der Waals surface area contributed by atoms with Crippen molar-refractivity contribution in [1.29, 1.82) is 0 Å². The van der Waals surface area contributed by atoms with E-state index in [0.717, 1.165) is 0 Å². The van der Waals surface area contributed by atoms with Crippen LogP contribution in [0.5, 0.6) is 5.75 Å². The number of rotatable bonds is 2. The Morgan fingerprint density at radius 3 is 1.47 bits per heavy atom. The number of fused-ring (bicyclic) bond motifs is 4. The highest BCUT2D eigenvalue weighted by atomic mass is 32.2. The Morgan fingerprint density at radius 2 is 1.03 bits per heavy atom. The van der Waals surface area contributed by atoms with Crippen LogP contribution in [0.15, 0.2) is 89.0 Å². The summed E-state index contributed by atoms with van der Waals surface area (Å²) in [4.78, 5) is 1.03. The molecule has 0 aromatic heterocycles. The second-order valence-corrected chi connectivity index (χ2v) is 12.4. The maximum atomic E-state index is 15.3. The van der Waals surface area contributed by atoms with Crippen molar-refractivity contribution in [3.63, 3.8) is 0 Å². The number of phenols is 1. The number of halogens is 6. The van der Waals surface area contributed by atoms with Gasteiger partial charge in [0.05, 0.1) is 9.49 Å². The van der Waals surface area contributed by atoms with Crippen LogP contribution in [-0.4, -0.2) is 32.4 Å². The van der Waals surface area contributed by atoms with E-state index in [0.29, 0.717) is 20.9 Å². The van der Waals surface area contributed by atoms with Crippen LogP contribution in [0, 0.1) is 0 Å². The third-order valence-electron chi connectivity index (χ3n) is 7.53. The topological polar surface area (TPSA) is 20.2 Å². The minimum atomic E-state index is -5.58.